The van der Waals surface area contributed by atoms with E-state index in [0.717, 1.165) is 19.3 Å². The van der Waals surface area contributed by atoms with Gasteiger partial charge in [0.25, 0.3) is 0 Å². The molecule has 4 rings (SSSR count). The van der Waals surface area contributed by atoms with Crippen LogP contribution in [0.3, 0.4) is 0 Å². The zero-order chi connectivity index (χ0) is 16.6. The first-order valence-electron chi connectivity index (χ1n) is 9.03. The standard InChI is InChI=1S/C19H26O4/c1-17-7-6-14-12(13(17)3-4-15(17)21)9-16(22)19(23)10-11(20)5-8-18(14,19)2/h12-14,23H,3-10H2,1-2H3. The second-order valence-electron chi connectivity index (χ2n) is 8.92. The average Bonchev–Trinajstić information content (AvgIpc) is 2.79. The second kappa shape index (κ2) is 4.53. The molecule has 4 nitrogen and oxygen atoms in total. The van der Waals surface area contributed by atoms with E-state index in [2.05, 4.69) is 6.92 Å². The van der Waals surface area contributed by atoms with Gasteiger partial charge < -0.3 is 5.11 Å². The molecular formula is C19H26O4. The van der Waals surface area contributed by atoms with E-state index in [1.807, 2.05) is 6.92 Å². The van der Waals surface area contributed by atoms with E-state index >= 15 is 0 Å². The minimum Gasteiger partial charge on any atom is -0.381 e. The molecule has 0 aromatic carbocycles. The largest absolute Gasteiger partial charge is 0.381 e. The van der Waals surface area contributed by atoms with Gasteiger partial charge in [0.2, 0.25) is 0 Å². The molecule has 0 spiro atoms. The third kappa shape index (κ3) is 1.73. The molecule has 4 saturated carbocycles. The lowest BCUT2D eigenvalue weighted by Gasteiger charge is -2.61. The summed E-state index contributed by atoms with van der Waals surface area (Å²) in [5.41, 5.74) is -2.24. The van der Waals surface area contributed by atoms with Gasteiger partial charge in [-0.2, -0.15) is 0 Å². The fourth-order valence-electron chi connectivity index (χ4n) is 6.61. The number of carbonyl (C=O) groups is 3. The van der Waals surface area contributed by atoms with Crippen LogP contribution in [-0.4, -0.2) is 28.1 Å². The van der Waals surface area contributed by atoms with Crippen molar-refractivity contribution < 1.29 is 19.5 Å². The van der Waals surface area contributed by atoms with Crippen molar-refractivity contribution in [3.8, 4) is 0 Å². The van der Waals surface area contributed by atoms with Crippen LogP contribution in [0.1, 0.15) is 65.2 Å². The lowest BCUT2D eigenvalue weighted by molar-refractivity contribution is -0.201. The second-order valence-corrected chi connectivity index (χ2v) is 8.92. The minimum absolute atomic E-state index is 0.00752. The molecule has 4 aliphatic carbocycles. The molecule has 0 aliphatic heterocycles. The van der Waals surface area contributed by atoms with Crippen LogP contribution >= 0.6 is 0 Å². The van der Waals surface area contributed by atoms with Crippen LogP contribution in [0.2, 0.25) is 0 Å². The first-order chi connectivity index (χ1) is 10.7. The monoisotopic (exact) mass is 318 g/mol. The van der Waals surface area contributed by atoms with E-state index in [1.54, 1.807) is 0 Å². The number of rotatable bonds is 0. The molecule has 4 fully saturated rings. The minimum atomic E-state index is -1.47. The summed E-state index contributed by atoms with van der Waals surface area (Å²) in [7, 11) is 0. The van der Waals surface area contributed by atoms with E-state index in [1.165, 1.54) is 0 Å². The Morgan fingerprint density at radius 1 is 0.957 bits per heavy atom. The molecular weight excluding hydrogens is 292 g/mol. The van der Waals surface area contributed by atoms with Gasteiger partial charge in [-0.05, 0) is 43.4 Å². The molecule has 23 heavy (non-hydrogen) atoms. The van der Waals surface area contributed by atoms with E-state index in [0.29, 0.717) is 31.5 Å². The Labute approximate surface area is 137 Å². The number of fused-ring (bicyclic) bond motifs is 5. The summed E-state index contributed by atoms with van der Waals surface area (Å²) < 4.78 is 0. The molecule has 6 unspecified atom stereocenters. The van der Waals surface area contributed by atoms with Gasteiger partial charge in [0, 0.05) is 36.5 Å². The summed E-state index contributed by atoms with van der Waals surface area (Å²) in [6.07, 6.45) is 4.69. The summed E-state index contributed by atoms with van der Waals surface area (Å²) >= 11 is 0. The SMILES string of the molecule is CC12CCC3C(CC(=O)C4(O)CC(=O)CCC34C)C1CCC2=O. The molecule has 0 aromatic heterocycles. The van der Waals surface area contributed by atoms with Gasteiger partial charge in [0.1, 0.15) is 17.2 Å². The Hall–Kier alpha value is -1.03. The molecule has 0 saturated heterocycles. The van der Waals surface area contributed by atoms with Crippen LogP contribution < -0.4 is 0 Å². The van der Waals surface area contributed by atoms with Gasteiger partial charge in [-0.3, -0.25) is 14.4 Å². The highest BCUT2D eigenvalue weighted by molar-refractivity contribution is 5.96. The van der Waals surface area contributed by atoms with Gasteiger partial charge in [-0.15, -0.1) is 0 Å². The van der Waals surface area contributed by atoms with Crippen LogP contribution in [0.5, 0.6) is 0 Å². The molecule has 0 radical (unpaired) electrons. The van der Waals surface area contributed by atoms with Crippen molar-refractivity contribution >= 4 is 17.3 Å². The Bertz CT molecular complexity index is 610. The van der Waals surface area contributed by atoms with Gasteiger partial charge in [0.05, 0.1) is 0 Å². The summed E-state index contributed by atoms with van der Waals surface area (Å²) in [6, 6.07) is 0. The van der Waals surface area contributed by atoms with Gasteiger partial charge in [-0.1, -0.05) is 13.8 Å². The van der Waals surface area contributed by atoms with Gasteiger partial charge in [-0.25, -0.2) is 0 Å². The Kier molecular flexibility index (Phi) is 3.05. The summed E-state index contributed by atoms with van der Waals surface area (Å²) in [6.45, 7) is 4.11. The van der Waals surface area contributed by atoms with Crippen LogP contribution in [0.15, 0.2) is 0 Å². The molecule has 4 heteroatoms. The van der Waals surface area contributed by atoms with Crippen molar-refractivity contribution in [1.29, 1.82) is 0 Å². The molecule has 0 aromatic rings. The number of hydrogen-bond acceptors (Lipinski definition) is 4. The molecule has 126 valence electrons. The highest BCUT2D eigenvalue weighted by Crippen LogP contribution is 2.65. The third-order valence-electron chi connectivity index (χ3n) is 8.17. The number of aliphatic hydroxyl groups is 1. The smallest absolute Gasteiger partial charge is 0.165 e. The topological polar surface area (TPSA) is 71.4 Å². The molecule has 6 atom stereocenters. The maximum Gasteiger partial charge on any atom is 0.165 e. The Balaban J connectivity index is 1.75. The average molecular weight is 318 g/mol. The Morgan fingerprint density at radius 2 is 1.70 bits per heavy atom. The zero-order valence-corrected chi connectivity index (χ0v) is 14.1. The highest BCUT2D eigenvalue weighted by Gasteiger charge is 2.67. The van der Waals surface area contributed by atoms with E-state index < -0.39 is 11.0 Å². The third-order valence-corrected chi connectivity index (χ3v) is 8.17. The first kappa shape index (κ1) is 15.5. The lowest BCUT2D eigenvalue weighted by atomic mass is 9.43. The molecule has 0 heterocycles. The fourth-order valence-corrected chi connectivity index (χ4v) is 6.61. The number of carbonyl (C=O) groups excluding carboxylic acids is 3. The van der Waals surface area contributed by atoms with Crippen molar-refractivity contribution in [3.05, 3.63) is 0 Å². The van der Waals surface area contributed by atoms with Gasteiger partial charge in [0.15, 0.2) is 5.78 Å². The maximum absolute atomic E-state index is 12.8. The van der Waals surface area contributed by atoms with E-state index in [9.17, 15) is 19.5 Å². The fraction of sp³-hybridized carbons (Fsp3) is 0.842. The Morgan fingerprint density at radius 3 is 2.43 bits per heavy atom. The first-order valence-corrected chi connectivity index (χ1v) is 9.03. The van der Waals surface area contributed by atoms with Crippen molar-refractivity contribution in [2.45, 2.75) is 70.8 Å². The maximum atomic E-state index is 12.8. The highest BCUT2D eigenvalue weighted by atomic mass is 16.3. The molecule has 0 bridgehead atoms. The summed E-state index contributed by atoms with van der Waals surface area (Å²) in [5, 5.41) is 11.1. The number of ketones is 3. The van der Waals surface area contributed by atoms with E-state index in [-0.39, 0.29) is 41.2 Å². The quantitative estimate of drug-likeness (QED) is 0.745. The van der Waals surface area contributed by atoms with Crippen molar-refractivity contribution in [3.63, 3.8) is 0 Å². The predicted molar refractivity (Wildman–Crippen MR) is 83.6 cm³/mol. The van der Waals surface area contributed by atoms with Crippen molar-refractivity contribution in [2.75, 3.05) is 0 Å². The molecule has 4 aliphatic rings. The molecule has 0 amide bonds. The normalized spacial score (nSPS) is 52.8. The zero-order valence-electron chi connectivity index (χ0n) is 14.1. The predicted octanol–water partition coefficient (Wildman–Crippen LogP) is 2.46. The lowest BCUT2D eigenvalue weighted by Crippen LogP contribution is -2.66. The van der Waals surface area contributed by atoms with Crippen LogP contribution in [0.4, 0.5) is 0 Å². The van der Waals surface area contributed by atoms with Crippen molar-refractivity contribution in [1.82, 2.24) is 0 Å². The number of Topliss-reactive ketones (excluding diaryl/α,β-unsaturated/α-hetero) is 3. The molecule has 1 N–H and O–H groups in total. The van der Waals surface area contributed by atoms with E-state index in [4.69, 9.17) is 0 Å². The van der Waals surface area contributed by atoms with Crippen LogP contribution in [0.25, 0.3) is 0 Å². The van der Waals surface area contributed by atoms with Crippen molar-refractivity contribution in [2.24, 2.45) is 28.6 Å². The summed E-state index contributed by atoms with van der Waals surface area (Å²) in [4.78, 5) is 37.1. The number of hydrogen-bond donors (Lipinski definition) is 1. The van der Waals surface area contributed by atoms with Crippen LogP contribution in [0, 0.1) is 28.6 Å². The van der Waals surface area contributed by atoms with Crippen LogP contribution in [-0.2, 0) is 14.4 Å². The summed E-state index contributed by atoms with van der Waals surface area (Å²) in [5.74, 6) is 0.940. The van der Waals surface area contributed by atoms with Gasteiger partial charge >= 0.3 is 0 Å².